The van der Waals surface area contributed by atoms with Crippen LogP contribution in [-0.4, -0.2) is 18.3 Å². The quantitative estimate of drug-likeness (QED) is 0.849. The largest absolute Gasteiger partial charge is 0.383 e. The van der Waals surface area contributed by atoms with Crippen molar-refractivity contribution in [2.24, 2.45) is 0 Å². The van der Waals surface area contributed by atoms with Crippen LogP contribution in [0.2, 0.25) is 0 Å². The van der Waals surface area contributed by atoms with Crippen molar-refractivity contribution in [3.8, 4) is 0 Å². The first-order valence-electron chi connectivity index (χ1n) is 5.77. The number of benzene rings is 1. The van der Waals surface area contributed by atoms with Crippen LogP contribution in [0.25, 0.3) is 0 Å². The Morgan fingerprint density at radius 1 is 1.12 bits per heavy atom. The number of hydrogen-bond donors (Lipinski definition) is 1. The second-order valence-corrected chi connectivity index (χ2v) is 4.66. The molecule has 1 N–H and O–H groups in total. The summed E-state index contributed by atoms with van der Waals surface area (Å²) in [6.45, 7) is 10.9. The summed E-state index contributed by atoms with van der Waals surface area (Å²) >= 11 is 0. The second-order valence-electron chi connectivity index (χ2n) is 4.66. The van der Waals surface area contributed by atoms with Crippen LogP contribution in [0.5, 0.6) is 0 Å². The minimum Gasteiger partial charge on any atom is -0.383 e. The predicted molar refractivity (Wildman–Crippen MR) is 66.7 cm³/mol. The third-order valence-electron chi connectivity index (χ3n) is 3.01. The van der Waals surface area contributed by atoms with Crippen LogP contribution in [0, 0.1) is 20.8 Å². The van der Waals surface area contributed by atoms with Crippen LogP contribution in [0.15, 0.2) is 12.1 Å². The minimum absolute atomic E-state index is 0.340. The molecule has 0 fully saturated rings. The molecule has 0 saturated carbocycles. The zero-order chi connectivity index (χ0) is 12.3. The molecule has 0 aliphatic carbocycles. The third-order valence-corrected chi connectivity index (χ3v) is 3.01. The van der Waals surface area contributed by atoms with Crippen LogP contribution >= 0.6 is 0 Å². The number of aryl methyl sites for hydroxylation is 3. The maximum absolute atomic E-state index is 10.4. The van der Waals surface area contributed by atoms with Crippen molar-refractivity contribution in [1.29, 1.82) is 0 Å². The summed E-state index contributed by atoms with van der Waals surface area (Å²) in [7, 11) is 0. The summed E-state index contributed by atoms with van der Waals surface area (Å²) in [5.41, 5.74) is 3.64. The van der Waals surface area contributed by atoms with Gasteiger partial charge in [-0.05, 0) is 56.9 Å². The van der Waals surface area contributed by atoms with Crippen molar-refractivity contribution in [1.82, 2.24) is 0 Å². The first-order chi connectivity index (χ1) is 7.38. The molecule has 1 rings (SSSR count). The smallest absolute Gasteiger partial charge is 0.110 e. The topological polar surface area (TPSA) is 29.5 Å². The van der Waals surface area contributed by atoms with Crippen molar-refractivity contribution in [2.45, 2.75) is 40.2 Å². The monoisotopic (exact) mass is 222 g/mol. The fourth-order valence-corrected chi connectivity index (χ4v) is 1.92. The van der Waals surface area contributed by atoms with Gasteiger partial charge in [0, 0.05) is 6.61 Å². The molecule has 0 radical (unpaired) electrons. The molecular formula is C14H22O2. The highest BCUT2D eigenvalue weighted by Crippen LogP contribution is 2.27. The molecule has 1 aromatic rings. The summed E-state index contributed by atoms with van der Waals surface area (Å²) in [6, 6.07) is 4.18. The highest BCUT2D eigenvalue weighted by atomic mass is 16.5. The van der Waals surface area contributed by atoms with E-state index in [4.69, 9.17) is 4.74 Å². The van der Waals surface area contributed by atoms with Gasteiger partial charge in [0.2, 0.25) is 0 Å². The second kappa shape index (κ2) is 4.98. The first kappa shape index (κ1) is 13.2. The van der Waals surface area contributed by atoms with Gasteiger partial charge in [0.15, 0.2) is 0 Å². The van der Waals surface area contributed by atoms with Crippen LogP contribution in [0.1, 0.15) is 36.1 Å². The lowest BCUT2D eigenvalue weighted by atomic mass is 9.89. The lowest BCUT2D eigenvalue weighted by Crippen LogP contribution is -2.29. The van der Waals surface area contributed by atoms with E-state index >= 15 is 0 Å². The van der Waals surface area contributed by atoms with Crippen LogP contribution in [-0.2, 0) is 10.3 Å². The summed E-state index contributed by atoms with van der Waals surface area (Å²) in [5, 5.41) is 10.4. The van der Waals surface area contributed by atoms with Crippen LogP contribution < -0.4 is 0 Å². The predicted octanol–water partition coefficient (Wildman–Crippen LogP) is 2.86. The van der Waals surface area contributed by atoms with Gasteiger partial charge < -0.3 is 9.84 Å². The standard InChI is InChI=1S/C14H22O2/c1-6-16-9-14(5,15)13-8-11(3)10(2)7-12(13)4/h7-8,15H,6,9H2,1-5H3. The van der Waals surface area contributed by atoms with E-state index in [2.05, 4.69) is 26.0 Å². The summed E-state index contributed by atoms with van der Waals surface area (Å²) in [5.74, 6) is 0. The molecule has 0 saturated heterocycles. The van der Waals surface area contributed by atoms with Gasteiger partial charge in [0.05, 0.1) is 6.61 Å². The number of hydrogen-bond acceptors (Lipinski definition) is 2. The van der Waals surface area contributed by atoms with Gasteiger partial charge in [0.25, 0.3) is 0 Å². The Labute approximate surface area is 98.3 Å². The lowest BCUT2D eigenvalue weighted by molar-refractivity contribution is -0.0347. The molecule has 0 amide bonds. The Balaban J connectivity index is 3.07. The number of rotatable bonds is 4. The van der Waals surface area contributed by atoms with Gasteiger partial charge in [-0.15, -0.1) is 0 Å². The van der Waals surface area contributed by atoms with Crippen molar-refractivity contribution in [3.63, 3.8) is 0 Å². The van der Waals surface area contributed by atoms with E-state index in [1.807, 2.05) is 13.8 Å². The zero-order valence-electron chi connectivity index (χ0n) is 10.9. The van der Waals surface area contributed by atoms with E-state index in [9.17, 15) is 5.11 Å². The van der Waals surface area contributed by atoms with Crippen molar-refractivity contribution < 1.29 is 9.84 Å². The summed E-state index contributed by atoms with van der Waals surface area (Å²) in [4.78, 5) is 0. The maximum Gasteiger partial charge on any atom is 0.110 e. The van der Waals surface area contributed by atoms with E-state index in [0.717, 1.165) is 11.1 Å². The molecule has 2 heteroatoms. The van der Waals surface area contributed by atoms with Gasteiger partial charge in [-0.25, -0.2) is 0 Å². The SMILES string of the molecule is CCOCC(C)(O)c1cc(C)c(C)cc1C. The van der Waals surface area contributed by atoms with Crippen molar-refractivity contribution >= 4 is 0 Å². The van der Waals surface area contributed by atoms with Gasteiger partial charge in [0.1, 0.15) is 5.60 Å². The molecule has 1 atom stereocenters. The lowest BCUT2D eigenvalue weighted by Gasteiger charge is -2.26. The Morgan fingerprint density at radius 3 is 2.25 bits per heavy atom. The van der Waals surface area contributed by atoms with E-state index in [-0.39, 0.29) is 0 Å². The molecule has 0 heterocycles. The molecule has 0 aromatic heterocycles. The zero-order valence-corrected chi connectivity index (χ0v) is 10.9. The molecule has 1 aromatic carbocycles. The third kappa shape index (κ3) is 2.83. The molecule has 2 nitrogen and oxygen atoms in total. The molecule has 0 bridgehead atoms. The van der Waals surface area contributed by atoms with E-state index in [1.165, 1.54) is 11.1 Å². The van der Waals surface area contributed by atoms with E-state index in [1.54, 1.807) is 6.92 Å². The number of ether oxygens (including phenoxy) is 1. The van der Waals surface area contributed by atoms with Crippen molar-refractivity contribution in [2.75, 3.05) is 13.2 Å². The maximum atomic E-state index is 10.4. The Morgan fingerprint density at radius 2 is 1.69 bits per heavy atom. The Kier molecular flexibility index (Phi) is 4.11. The fourth-order valence-electron chi connectivity index (χ4n) is 1.92. The normalized spacial score (nSPS) is 14.9. The average molecular weight is 222 g/mol. The Bertz CT molecular complexity index is 367. The summed E-state index contributed by atoms with van der Waals surface area (Å²) < 4.78 is 5.33. The van der Waals surface area contributed by atoms with Crippen molar-refractivity contribution in [3.05, 3.63) is 34.4 Å². The molecule has 90 valence electrons. The van der Waals surface area contributed by atoms with E-state index in [0.29, 0.717) is 13.2 Å². The Hall–Kier alpha value is -0.860. The fraction of sp³-hybridized carbons (Fsp3) is 0.571. The minimum atomic E-state index is -0.904. The van der Waals surface area contributed by atoms with Gasteiger partial charge in [-0.1, -0.05) is 12.1 Å². The van der Waals surface area contributed by atoms with Gasteiger partial charge >= 0.3 is 0 Å². The number of aliphatic hydroxyl groups is 1. The first-order valence-corrected chi connectivity index (χ1v) is 5.77. The van der Waals surface area contributed by atoms with E-state index < -0.39 is 5.60 Å². The molecular weight excluding hydrogens is 200 g/mol. The molecule has 0 spiro atoms. The molecule has 1 unspecified atom stereocenters. The highest BCUT2D eigenvalue weighted by molar-refractivity contribution is 5.39. The van der Waals surface area contributed by atoms with Crippen LogP contribution in [0.3, 0.4) is 0 Å². The average Bonchev–Trinajstić information content (AvgIpc) is 2.20. The molecule has 0 aliphatic heterocycles. The van der Waals surface area contributed by atoms with Gasteiger partial charge in [-0.3, -0.25) is 0 Å². The van der Waals surface area contributed by atoms with Gasteiger partial charge in [-0.2, -0.15) is 0 Å². The van der Waals surface area contributed by atoms with Crippen LogP contribution in [0.4, 0.5) is 0 Å². The highest BCUT2D eigenvalue weighted by Gasteiger charge is 2.25. The molecule has 16 heavy (non-hydrogen) atoms. The molecule has 0 aliphatic rings. The summed E-state index contributed by atoms with van der Waals surface area (Å²) in [6.07, 6.45) is 0.